The average Bonchev–Trinajstić information content (AvgIpc) is 2.83. The van der Waals surface area contributed by atoms with Crippen molar-refractivity contribution in [2.45, 2.75) is 4.21 Å². The summed E-state index contributed by atoms with van der Waals surface area (Å²) in [5, 5.41) is 13.6. The van der Waals surface area contributed by atoms with Crippen molar-refractivity contribution < 1.29 is 9.72 Å². The van der Waals surface area contributed by atoms with Gasteiger partial charge in [0.2, 0.25) is 5.91 Å². The Kier molecular flexibility index (Phi) is 4.53. The van der Waals surface area contributed by atoms with E-state index in [2.05, 4.69) is 10.3 Å². The van der Waals surface area contributed by atoms with Gasteiger partial charge in [-0.3, -0.25) is 14.9 Å². The zero-order chi connectivity index (χ0) is 14.5. The molecule has 2 aromatic rings. The summed E-state index contributed by atoms with van der Waals surface area (Å²) in [6.45, 7) is 0. The number of nitrogens with one attached hydrogen (secondary N) is 1. The van der Waals surface area contributed by atoms with Crippen LogP contribution in [0, 0.1) is 10.1 Å². The lowest BCUT2D eigenvalue weighted by Crippen LogP contribution is -2.13. The second-order valence-corrected chi connectivity index (χ2v) is 6.00. The molecular formula is C11H10N4O3S2. The topological polar surface area (TPSA) is 111 Å². The Hall–Kier alpha value is -2.13. The number of nitrogens with zero attached hydrogens (tertiary/aromatic N) is 2. The SMILES string of the molecule is Nc1ncc(SCC(=O)Nc2ccc([N+](=O)[O-])cc2)s1. The van der Waals surface area contributed by atoms with E-state index in [1.807, 2.05) is 0 Å². The van der Waals surface area contributed by atoms with Crippen molar-refractivity contribution in [3.05, 3.63) is 40.6 Å². The fourth-order valence-corrected chi connectivity index (χ4v) is 2.90. The third kappa shape index (κ3) is 3.93. The maximum absolute atomic E-state index is 11.7. The van der Waals surface area contributed by atoms with Gasteiger partial charge in [0.1, 0.15) is 0 Å². The molecule has 0 aliphatic rings. The van der Waals surface area contributed by atoms with Crippen LogP contribution in [0.4, 0.5) is 16.5 Å². The number of thiazole rings is 1. The largest absolute Gasteiger partial charge is 0.375 e. The number of amides is 1. The molecule has 0 spiro atoms. The van der Waals surface area contributed by atoms with Crippen molar-refractivity contribution >= 4 is 45.5 Å². The van der Waals surface area contributed by atoms with Crippen LogP contribution in [0.3, 0.4) is 0 Å². The van der Waals surface area contributed by atoms with Gasteiger partial charge in [-0.25, -0.2) is 4.98 Å². The Labute approximate surface area is 122 Å². The molecule has 104 valence electrons. The van der Waals surface area contributed by atoms with Gasteiger partial charge in [0.15, 0.2) is 5.13 Å². The van der Waals surface area contributed by atoms with E-state index in [9.17, 15) is 14.9 Å². The van der Waals surface area contributed by atoms with E-state index in [1.54, 1.807) is 6.20 Å². The second kappa shape index (κ2) is 6.35. The van der Waals surface area contributed by atoms with Crippen molar-refractivity contribution in [2.75, 3.05) is 16.8 Å². The van der Waals surface area contributed by atoms with E-state index in [-0.39, 0.29) is 17.3 Å². The number of hydrogen-bond acceptors (Lipinski definition) is 7. The van der Waals surface area contributed by atoms with Gasteiger partial charge >= 0.3 is 0 Å². The highest BCUT2D eigenvalue weighted by molar-refractivity contribution is 8.01. The first-order valence-electron chi connectivity index (χ1n) is 5.43. The van der Waals surface area contributed by atoms with Crippen LogP contribution in [0.1, 0.15) is 0 Å². The Morgan fingerprint density at radius 3 is 2.70 bits per heavy atom. The highest BCUT2D eigenvalue weighted by Crippen LogP contribution is 2.26. The van der Waals surface area contributed by atoms with Crippen molar-refractivity contribution in [3.8, 4) is 0 Å². The molecule has 1 aromatic heterocycles. The molecule has 0 fully saturated rings. The molecule has 1 aromatic carbocycles. The second-order valence-electron chi connectivity index (χ2n) is 3.66. The van der Waals surface area contributed by atoms with Crippen molar-refractivity contribution in [3.63, 3.8) is 0 Å². The molecule has 0 bridgehead atoms. The van der Waals surface area contributed by atoms with Gasteiger partial charge in [-0.1, -0.05) is 11.3 Å². The van der Waals surface area contributed by atoms with E-state index >= 15 is 0 Å². The third-order valence-electron chi connectivity index (χ3n) is 2.21. The number of thioether (sulfide) groups is 1. The Morgan fingerprint density at radius 1 is 1.45 bits per heavy atom. The molecule has 3 N–H and O–H groups in total. The molecule has 2 rings (SSSR count). The standard InChI is InChI=1S/C11H10N4O3S2/c12-11-13-5-10(20-11)19-6-9(16)14-7-1-3-8(4-2-7)15(17)18/h1-5H,6H2,(H2,12,13)(H,14,16). The molecule has 20 heavy (non-hydrogen) atoms. The minimum Gasteiger partial charge on any atom is -0.375 e. The van der Waals surface area contributed by atoms with Crippen LogP contribution in [-0.2, 0) is 4.79 Å². The Bertz CT molecular complexity index is 627. The summed E-state index contributed by atoms with van der Waals surface area (Å²) in [6.07, 6.45) is 1.61. The highest BCUT2D eigenvalue weighted by atomic mass is 32.2. The number of nitrogen functional groups attached to an aromatic ring is 1. The minimum absolute atomic E-state index is 0.0162. The number of carbonyl (C=O) groups is 1. The molecule has 0 aliphatic carbocycles. The summed E-state index contributed by atoms with van der Waals surface area (Å²) in [5.74, 6) is 0.0225. The number of rotatable bonds is 5. The number of hydrogen-bond donors (Lipinski definition) is 2. The van der Waals surface area contributed by atoms with Gasteiger partial charge < -0.3 is 11.1 Å². The maximum atomic E-state index is 11.7. The zero-order valence-corrected chi connectivity index (χ0v) is 11.7. The molecular weight excluding hydrogens is 300 g/mol. The van der Waals surface area contributed by atoms with E-state index in [4.69, 9.17) is 5.73 Å². The Morgan fingerprint density at radius 2 is 2.15 bits per heavy atom. The first-order valence-corrected chi connectivity index (χ1v) is 7.23. The molecule has 0 aliphatic heterocycles. The zero-order valence-electron chi connectivity index (χ0n) is 10.1. The number of carbonyl (C=O) groups excluding carboxylic acids is 1. The fraction of sp³-hybridized carbons (Fsp3) is 0.0909. The third-order valence-corrected chi connectivity index (χ3v) is 4.23. The quantitative estimate of drug-likeness (QED) is 0.498. The number of aromatic nitrogens is 1. The molecule has 0 unspecified atom stereocenters. The summed E-state index contributed by atoms with van der Waals surface area (Å²) in [7, 11) is 0. The lowest BCUT2D eigenvalue weighted by molar-refractivity contribution is -0.384. The molecule has 0 atom stereocenters. The number of non-ortho nitro benzene ring substituents is 1. The summed E-state index contributed by atoms with van der Waals surface area (Å²) in [4.78, 5) is 25.6. The number of anilines is 2. The van der Waals surface area contributed by atoms with Gasteiger partial charge in [-0.05, 0) is 12.1 Å². The minimum atomic E-state index is -0.490. The fourth-order valence-electron chi connectivity index (χ4n) is 1.34. The van der Waals surface area contributed by atoms with Crippen LogP contribution >= 0.6 is 23.1 Å². The maximum Gasteiger partial charge on any atom is 0.269 e. The summed E-state index contributed by atoms with van der Waals surface area (Å²) >= 11 is 2.65. The number of nitrogens with two attached hydrogens (primary N) is 1. The van der Waals surface area contributed by atoms with Crippen molar-refractivity contribution in [1.82, 2.24) is 4.98 Å². The smallest absolute Gasteiger partial charge is 0.269 e. The normalized spacial score (nSPS) is 10.2. The average molecular weight is 310 g/mol. The van der Waals surface area contributed by atoms with E-state index in [0.717, 1.165) is 4.21 Å². The molecule has 0 radical (unpaired) electrons. The molecule has 1 heterocycles. The lowest BCUT2D eigenvalue weighted by atomic mass is 10.3. The van der Waals surface area contributed by atoms with E-state index < -0.39 is 4.92 Å². The van der Waals surface area contributed by atoms with E-state index in [0.29, 0.717) is 10.8 Å². The summed E-state index contributed by atoms with van der Waals surface area (Å²) < 4.78 is 0.862. The Balaban J connectivity index is 1.86. The van der Waals surface area contributed by atoms with Crippen LogP contribution in [0.2, 0.25) is 0 Å². The van der Waals surface area contributed by atoms with Gasteiger partial charge in [0.25, 0.3) is 5.69 Å². The van der Waals surface area contributed by atoms with Crippen LogP contribution in [-0.4, -0.2) is 21.6 Å². The molecule has 0 saturated heterocycles. The molecule has 7 nitrogen and oxygen atoms in total. The number of nitro groups is 1. The lowest BCUT2D eigenvalue weighted by Gasteiger charge is -2.03. The first kappa shape index (κ1) is 14.3. The molecule has 1 amide bonds. The predicted octanol–water partition coefficient (Wildman–Crippen LogP) is 2.36. The van der Waals surface area contributed by atoms with Gasteiger partial charge in [-0.15, -0.1) is 11.8 Å². The summed E-state index contributed by atoms with van der Waals surface area (Å²) in [6, 6.07) is 5.66. The van der Waals surface area contributed by atoms with Gasteiger partial charge in [0, 0.05) is 17.8 Å². The molecule has 9 heteroatoms. The summed E-state index contributed by atoms with van der Waals surface area (Å²) in [5.41, 5.74) is 5.99. The van der Waals surface area contributed by atoms with Crippen LogP contribution < -0.4 is 11.1 Å². The van der Waals surface area contributed by atoms with Gasteiger partial charge in [-0.2, -0.15) is 0 Å². The van der Waals surface area contributed by atoms with Crippen LogP contribution in [0.15, 0.2) is 34.7 Å². The van der Waals surface area contributed by atoms with Crippen molar-refractivity contribution in [2.24, 2.45) is 0 Å². The van der Waals surface area contributed by atoms with Gasteiger partial charge in [0.05, 0.1) is 21.1 Å². The first-order chi connectivity index (χ1) is 9.54. The number of benzene rings is 1. The van der Waals surface area contributed by atoms with Crippen LogP contribution in [0.25, 0.3) is 0 Å². The highest BCUT2D eigenvalue weighted by Gasteiger charge is 2.08. The monoisotopic (exact) mass is 310 g/mol. The molecule has 0 saturated carbocycles. The van der Waals surface area contributed by atoms with E-state index in [1.165, 1.54) is 47.4 Å². The predicted molar refractivity (Wildman–Crippen MR) is 79.0 cm³/mol. The van der Waals surface area contributed by atoms with Crippen molar-refractivity contribution in [1.29, 1.82) is 0 Å². The van der Waals surface area contributed by atoms with Crippen LogP contribution in [0.5, 0.6) is 0 Å². The number of nitro benzene ring substituents is 1.